The van der Waals surface area contributed by atoms with E-state index in [1.54, 1.807) is 18.7 Å². The van der Waals surface area contributed by atoms with Gasteiger partial charge in [-0.1, -0.05) is 13.8 Å². The van der Waals surface area contributed by atoms with Crippen molar-refractivity contribution in [1.82, 2.24) is 20.9 Å². The van der Waals surface area contributed by atoms with Crippen LogP contribution in [0.2, 0.25) is 0 Å². The molecule has 3 aliphatic rings. The number of alkyl carbamates (subject to hydrolysis) is 1. The van der Waals surface area contributed by atoms with Gasteiger partial charge in [-0.25, -0.2) is 22.0 Å². The predicted molar refractivity (Wildman–Crippen MR) is 143 cm³/mol. The first-order valence-corrected chi connectivity index (χ1v) is 15.8. The molecule has 5 atom stereocenters. The molecule has 3 rings (SSSR count). The number of aliphatic hydroxyl groups is 1. The SMILES string of the molecule is CC(C)C[C@H](NC(=O)OC[C@@H]1CCC(=O)N1CC1CCC(F)(F)CC1)C(=O)N[C@@H](C[C@@H]1CCNC1=O)C(O)S(=O)(=O)[O-].[Na+]. The van der Waals surface area contributed by atoms with Gasteiger partial charge in [-0.05, 0) is 50.4 Å². The summed E-state index contributed by atoms with van der Waals surface area (Å²) in [6.45, 7) is 3.99. The first kappa shape index (κ1) is 37.6. The Morgan fingerprint density at radius 1 is 1.16 bits per heavy atom. The number of ether oxygens (including phenoxy) is 1. The van der Waals surface area contributed by atoms with Gasteiger partial charge < -0.3 is 35.2 Å². The molecule has 4 N–H and O–H groups in total. The molecule has 0 aromatic heterocycles. The Morgan fingerprint density at radius 3 is 2.37 bits per heavy atom. The molecule has 4 amide bonds. The van der Waals surface area contributed by atoms with E-state index in [0.29, 0.717) is 38.8 Å². The number of hydrogen-bond acceptors (Lipinski definition) is 9. The van der Waals surface area contributed by atoms with Crippen LogP contribution in [0.25, 0.3) is 0 Å². The molecule has 240 valence electrons. The van der Waals surface area contributed by atoms with Crippen LogP contribution in [0.4, 0.5) is 13.6 Å². The second-order valence-corrected chi connectivity index (χ2v) is 13.4. The zero-order chi connectivity index (χ0) is 31.2. The van der Waals surface area contributed by atoms with Crippen molar-refractivity contribution in [3.63, 3.8) is 0 Å². The Morgan fingerprint density at radius 2 is 1.81 bits per heavy atom. The third-order valence-electron chi connectivity index (χ3n) is 8.14. The van der Waals surface area contributed by atoms with Gasteiger partial charge in [0.05, 0.1) is 12.1 Å². The zero-order valence-corrected chi connectivity index (χ0v) is 27.7. The molecule has 1 unspecified atom stereocenters. The second-order valence-electron chi connectivity index (χ2n) is 12.0. The van der Waals surface area contributed by atoms with Crippen LogP contribution in [0, 0.1) is 17.8 Å². The van der Waals surface area contributed by atoms with Crippen molar-refractivity contribution in [1.29, 1.82) is 0 Å². The van der Waals surface area contributed by atoms with E-state index in [2.05, 4.69) is 16.0 Å². The molecule has 2 saturated heterocycles. The van der Waals surface area contributed by atoms with Crippen LogP contribution in [-0.2, 0) is 29.2 Å². The summed E-state index contributed by atoms with van der Waals surface area (Å²) in [4.78, 5) is 51.8. The molecule has 0 radical (unpaired) electrons. The fourth-order valence-electron chi connectivity index (χ4n) is 5.74. The molecule has 13 nitrogen and oxygen atoms in total. The molecule has 0 aromatic carbocycles. The minimum Gasteiger partial charge on any atom is -0.746 e. The Hall–Kier alpha value is -1.59. The van der Waals surface area contributed by atoms with Crippen LogP contribution in [0.5, 0.6) is 0 Å². The average molecular weight is 647 g/mol. The van der Waals surface area contributed by atoms with Gasteiger partial charge in [-0.15, -0.1) is 0 Å². The topological polar surface area (TPSA) is 194 Å². The molecule has 2 heterocycles. The number of aliphatic hydroxyl groups excluding tert-OH is 1. The van der Waals surface area contributed by atoms with Crippen LogP contribution in [0.1, 0.15) is 71.6 Å². The summed E-state index contributed by atoms with van der Waals surface area (Å²) in [6, 6.07) is -3.27. The molecule has 0 aromatic rings. The van der Waals surface area contributed by atoms with Crippen LogP contribution in [0.3, 0.4) is 0 Å². The Bertz CT molecular complexity index is 1100. The number of nitrogens with zero attached hydrogens (tertiary/aromatic N) is 1. The number of halogens is 2. The third kappa shape index (κ3) is 11.4. The van der Waals surface area contributed by atoms with E-state index in [1.165, 1.54) is 0 Å². The first-order valence-electron chi connectivity index (χ1n) is 14.4. The Balaban J connectivity index is 0.00000645. The van der Waals surface area contributed by atoms with Crippen molar-refractivity contribution < 1.29 is 80.3 Å². The monoisotopic (exact) mass is 646 g/mol. The largest absolute Gasteiger partial charge is 1.00 e. The molecule has 0 spiro atoms. The van der Waals surface area contributed by atoms with Crippen LogP contribution < -0.4 is 45.5 Å². The average Bonchev–Trinajstić information content (AvgIpc) is 3.46. The maximum atomic E-state index is 13.5. The van der Waals surface area contributed by atoms with E-state index in [-0.39, 0.29) is 86.0 Å². The first-order chi connectivity index (χ1) is 19.6. The number of carbonyl (C=O) groups excluding carboxylic acids is 4. The fraction of sp³-hybridized carbons (Fsp3) is 0.846. The predicted octanol–water partition coefficient (Wildman–Crippen LogP) is -2.18. The maximum Gasteiger partial charge on any atom is 1.00 e. The van der Waals surface area contributed by atoms with Gasteiger partial charge in [-0.3, -0.25) is 14.4 Å². The molecular weight excluding hydrogens is 605 g/mol. The third-order valence-corrected chi connectivity index (χ3v) is 9.06. The minimum absolute atomic E-state index is 0. The van der Waals surface area contributed by atoms with Gasteiger partial charge in [0.15, 0.2) is 5.44 Å². The summed E-state index contributed by atoms with van der Waals surface area (Å²) >= 11 is 0. The number of amides is 4. The van der Waals surface area contributed by atoms with Crippen LogP contribution in [-0.4, -0.2) is 96.0 Å². The summed E-state index contributed by atoms with van der Waals surface area (Å²) in [7, 11) is -5.25. The summed E-state index contributed by atoms with van der Waals surface area (Å²) in [5, 5.41) is 17.5. The van der Waals surface area contributed by atoms with E-state index >= 15 is 0 Å². The second kappa shape index (κ2) is 16.1. The van der Waals surface area contributed by atoms with Gasteiger partial charge in [0.25, 0.3) is 0 Å². The van der Waals surface area contributed by atoms with Crippen molar-refractivity contribution in [3.05, 3.63) is 0 Å². The van der Waals surface area contributed by atoms with E-state index in [0.717, 1.165) is 0 Å². The number of carbonyl (C=O) groups is 4. The number of rotatable bonds is 13. The molecule has 3 fully saturated rings. The number of hydrogen-bond donors (Lipinski definition) is 4. The van der Waals surface area contributed by atoms with Crippen molar-refractivity contribution in [3.8, 4) is 0 Å². The van der Waals surface area contributed by atoms with Gasteiger partial charge in [0, 0.05) is 38.3 Å². The summed E-state index contributed by atoms with van der Waals surface area (Å²) < 4.78 is 67.0. The van der Waals surface area contributed by atoms with Gasteiger partial charge in [0.1, 0.15) is 22.8 Å². The Labute approximate surface area is 272 Å². The van der Waals surface area contributed by atoms with Gasteiger partial charge >= 0.3 is 35.7 Å². The van der Waals surface area contributed by atoms with Gasteiger partial charge in [0.2, 0.25) is 23.6 Å². The molecule has 1 aliphatic carbocycles. The summed E-state index contributed by atoms with van der Waals surface area (Å²) in [5.41, 5.74) is -2.51. The molecule has 2 aliphatic heterocycles. The summed E-state index contributed by atoms with van der Waals surface area (Å²) in [5.74, 6) is -5.03. The smallest absolute Gasteiger partial charge is 0.746 e. The van der Waals surface area contributed by atoms with Crippen LogP contribution in [0.15, 0.2) is 0 Å². The Kier molecular flexibility index (Phi) is 14.1. The number of alkyl halides is 2. The van der Waals surface area contributed by atoms with Crippen molar-refractivity contribution in [2.45, 2.75) is 101 Å². The molecule has 0 bridgehead atoms. The molecule has 17 heteroatoms. The zero-order valence-electron chi connectivity index (χ0n) is 24.9. The quantitative estimate of drug-likeness (QED) is 0.127. The van der Waals surface area contributed by atoms with E-state index in [9.17, 15) is 46.0 Å². The standard InChI is InChI=1S/C26H42F2N4O9S.Na/c1-15(2)11-19(23(35)30-20(24(36)42(38,39)40)12-17-7-10-29-22(17)34)31-25(37)41-14-18-3-4-21(33)32(18)13-16-5-8-26(27,28)9-6-16;/h15-20,24,36H,3-14H2,1-2H3,(H,29,34)(H,30,35)(H,31,37)(H,38,39,40);/q;+1/p-1/t17-,18-,19-,20-,24?;/m0./s1. The summed E-state index contributed by atoms with van der Waals surface area (Å²) in [6.07, 6.45) is -0.0606. The number of nitrogens with one attached hydrogen (secondary N) is 3. The van der Waals surface area contributed by atoms with Crippen molar-refractivity contribution in [2.75, 3.05) is 19.7 Å². The molecule has 1 saturated carbocycles. The van der Waals surface area contributed by atoms with Crippen molar-refractivity contribution in [2.24, 2.45) is 17.8 Å². The fourth-order valence-corrected chi connectivity index (χ4v) is 6.33. The van der Waals surface area contributed by atoms with E-state index in [1.807, 2.05) is 0 Å². The van der Waals surface area contributed by atoms with Crippen molar-refractivity contribution >= 4 is 33.9 Å². The van der Waals surface area contributed by atoms with Gasteiger partial charge in [-0.2, -0.15) is 0 Å². The van der Waals surface area contributed by atoms with E-state index < -0.39 is 63.4 Å². The number of likely N-dealkylation sites (tertiary alicyclic amines) is 1. The molecule has 43 heavy (non-hydrogen) atoms. The normalized spacial score (nSPS) is 24.6. The van der Waals surface area contributed by atoms with Crippen LogP contribution >= 0.6 is 0 Å². The van der Waals surface area contributed by atoms with E-state index in [4.69, 9.17) is 4.74 Å². The minimum atomic E-state index is -5.25. The molecular formula is C26H41F2N4NaO9S. The maximum absolute atomic E-state index is 13.5.